The van der Waals surface area contributed by atoms with Crippen LogP contribution in [0.2, 0.25) is 0 Å². The Kier molecular flexibility index (Phi) is 14.2. The van der Waals surface area contributed by atoms with Crippen molar-refractivity contribution in [1.29, 1.82) is 0 Å². The number of carbonyl (C=O) groups excluding carboxylic acids is 4. The second-order valence-corrected chi connectivity index (χ2v) is 6.41. The molecule has 30 heavy (non-hydrogen) atoms. The lowest BCUT2D eigenvalue weighted by atomic mass is 10.4. The Morgan fingerprint density at radius 3 is 1.40 bits per heavy atom. The van der Waals surface area contributed by atoms with Crippen LogP contribution < -0.4 is 15.5 Å². The highest BCUT2D eigenvalue weighted by Crippen LogP contribution is 1.91. The molecule has 0 bridgehead atoms. The minimum Gasteiger partial charge on any atom is -0.460 e. The second-order valence-electron chi connectivity index (χ2n) is 6.41. The van der Waals surface area contributed by atoms with Gasteiger partial charge in [-0.1, -0.05) is 13.2 Å². The van der Waals surface area contributed by atoms with Crippen molar-refractivity contribution in [2.24, 2.45) is 0 Å². The summed E-state index contributed by atoms with van der Waals surface area (Å²) in [4.78, 5) is 46.3. The van der Waals surface area contributed by atoms with Crippen molar-refractivity contribution in [2.75, 3.05) is 59.7 Å². The molecule has 11 heteroatoms. The number of esters is 2. The van der Waals surface area contributed by atoms with Gasteiger partial charge < -0.3 is 34.5 Å². The van der Waals surface area contributed by atoms with E-state index in [9.17, 15) is 19.2 Å². The van der Waals surface area contributed by atoms with Gasteiger partial charge >= 0.3 is 24.1 Å². The number of carbonyl (C=O) groups is 4. The third-order valence-electron chi connectivity index (χ3n) is 3.43. The number of amides is 2. The van der Waals surface area contributed by atoms with Crippen molar-refractivity contribution >= 4 is 24.1 Å². The Balaban J connectivity index is 3.65. The maximum atomic E-state index is 11.5. The Morgan fingerprint density at radius 2 is 1.07 bits per heavy atom. The zero-order valence-corrected chi connectivity index (χ0v) is 17.8. The van der Waals surface area contributed by atoms with Crippen LogP contribution >= 0.6 is 0 Å². The summed E-state index contributed by atoms with van der Waals surface area (Å²) in [6.45, 7) is 11.7. The van der Waals surface area contributed by atoms with Gasteiger partial charge in [-0.3, -0.25) is 0 Å². The van der Waals surface area contributed by atoms with Gasteiger partial charge in [-0.2, -0.15) is 0 Å². The number of alkyl carbamates (subject to hydrolysis) is 2. The maximum Gasteiger partial charge on any atom is 0.407 e. The number of rotatable bonds is 14. The van der Waals surface area contributed by atoms with E-state index >= 15 is 0 Å². The molecule has 0 aromatic heterocycles. The largest absolute Gasteiger partial charge is 0.460 e. The minimum absolute atomic E-state index is 0.0294. The van der Waals surface area contributed by atoms with Crippen molar-refractivity contribution in [2.45, 2.75) is 13.8 Å². The summed E-state index contributed by atoms with van der Waals surface area (Å²) in [7, 11) is 1.86. The van der Waals surface area contributed by atoms with Crippen LogP contribution in [0, 0.1) is 0 Å². The highest BCUT2D eigenvalue weighted by atomic mass is 16.6. The SMILES string of the molecule is C=C(C)C(=O)OCCNC(=O)OCC[NH+](C)CCOC(=O)NCCOC(=O)C(=C)C. The zero-order valence-electron chi connectivity index (χ0n) is 17.8. The first kappa shape index (κ1) is 26.9. The molecule has 0 fully saturated rings. The number of hydrogen-bond acceptors (Lipinski definition) is 8. The molecule has 0 aromatic carbocycles. The van der Waals surface area contributed by atoms with Gasteiger partial charge in [-0.05, 0) is 13.8 Å². The molecule has 0 atom stereocenters. The number of quaternary nitrogens is 1. The fourth-order valence-corrected chi connectivity index (χ4v) is 1.70. The number of likely N-dealkylation sites (N-methyl/N-ethyl adjacent to an activating group) is 1. The Labute approximate surface area is 176 Å². The molecular weight excluding hydrogens is 398 g/mol. The van der Waals surface area contributed by atoms with Crippen molar-refractivity contribution in [3.05, 3.63) is 24.3 Å². The molecule has 2 amide bonds. The average molecular weight is 430 g/mol. The van der Waals surface area contributed by atoms with E-state index < -0.39 is 24.1 Å². The van der Waals surface area contributed by atoms with Crippen LogP contribution in [0.3, 0.4) is 0 Å². The van der Waals surface area contributed by atoms with Crippen molar-refractivity contribution in [3.63, 3.8) is 0 Å². The fourth-order valence-electron chi connectivity index (χ4n) is 1.70. The van der Waals surface area contributed by atoms with E-state index in [1.165, 1.54) is 13.8 Å². The number of hydrogen-bond donors (Lipinski definition) is 3. The van der Waals surface area contributed by atoms with Gasteiger partial charge in [0.2, 0.25) is 0 Å². The molecule has 0 heterocycles. The van der Waals surface area contributed by atoms with Crippen LogP contribution in [-0.2, 0) is 28.5 Å². The summed E-state index contributed by atoms with van der Waals surface area (Å²) in [5.41, 5.74) is 0.572. The van der Waals surface area contributed by atoms with Crippen LogP contribution in [0.4, 0.5) is 9.59 Å². The molecule has 0 saturated heterocycles. The van der Waals surface area contributed by atoms with Gasteiger partial charge in [0.05, 0.1) is 20.1 Å². The predicted octanol–water partition coefficient (Wildman–Crippen LogP) is -0.808. The molecule has 170 valence electrons. The molecule has 0 aliphatic carbocycles. The van der Waals surface area contributed by atoms with Crippen molar-refractivity contribution in [3.8, 4) is 0 Å². The van der Waals surface area contributed by atoms with Crippen LogP contribution in [-0.4, -0.2) is 83.8 Å². The highest BCUT2D eigenvalue weighted by molar-refractivity contribution is 5.87. The van der Waals surface area contributed by atoms with E-state index in [-0.39, 0.29) is 50.7 Å². The molecule has 0 aliphatic heterocycles. The van der Waals surface area contributed by atoms with Gasteiger partial charge in [0.25, 0.3) is 0 Å². The lowest BCUT2D eigenvalue weighted by molar-refractivity contribution is -0.880. The van der Waals surface area contributed by atoms with Crippen molar-refractivity contribution in [1.82, 2.24) is 10.6 Å². The first-order chi connectivity index (χ1) is 14.1. The first-order valence-corrected chi connectivity index (χ1v) is 9.41. The van der Waals surface area contributed by atoms with Crippen molar-refractivity contribution < 1.29 is 43.0 Å². The predicted molar refractivity (Wildman–Crippen MR) is 107 cm³/mol. The third kappa shape index (κ3) is 14.9. The summed E-state index contributed by atoms with van der Waals surface area (Å²) in [6, 6.07) is 0. The van der Waals surface area contributed by atoms with Crippen LogP contribution in [0.1, 0.15) is 13.8 Å². The monoisotopic (exact) mass is 430 g/mol. The summed E-state index contributed by atoms with van der Waals surface area (Å²) in [6.07, 6.45) is -1.23. The van der Waals surface area contributed by atoms with E-state index in [0.29, 0.717) is 13.1 Å². The van der Waals surface area contributed by atoms with E-state index in [1.807, 2.05) is 7.05 Å². The van der Waals surface area contributed by atoms with E-state index in [1.54, 1.807) is 0 Å². The average Bonchev–Trinajstić information content (AvgIpc) is 2.67. The molecular formula is C19H32N3O8+. The summed E-state index contributed by atoms with van der Waals surface area (Å²) in [5.74, 6) is -1.03. The fraction of sp³-hybridized carbons (Fsp3) is 0.579. The lowest BCUT2D eigenvalue weighted by Crippen LogP contribution is -3.10. The lowest BCUT2D eigenvalue weighted by Gasteiger charge is -2.14. The van der Waals surface area contributed by atoms with E-state index in [0.717, 1.165) is 4.90 Å². The highest BCUT2D eigenvalue weighted by Gasteiger charge is 2.09. The topological polar surface area (TPSA) is 134 Å². The summed E-state index contributed by atoms with van der Waals surface area (Å²) < 4.78 is 19.7. The summed E-state index contributed by atoms with van der Waals surface area (Å²) in [5, 5.41) is 4.91. The molecule has 11 nitrogen and oxygen atoms in total. The normalized spacial score (nSPS) is 10.0. The minimum atomic E-state index is -0.614. The summed E-state index contributed by atoms with van der Waals surface area (Å²) >= 11 is 0. The standard InChI is InChI=1S/C19H31N3O8/c1-14(2)16(23)27-10-6-20-18(25)29-12-8-22(5)9-13-30-19(26)21-7-11-28-17(24)15(3)4/h1,3,6-13H2,2,4-5H3,(H,20,25)(H,21,26)/p+1. The smallest absolute Gasteiger partial charge is 0.407 e. The van der Waals surface area contributed by atoms with Gasteiger partial charge in [-0.25, -0.2) is 19.2 Å². The van der Waals surface area contributed by atoms with E-state index in [2.05, 4.69) is 23.8 Å². The van der Waals surface area contributed by atoms with Gasteiger partial charge in [-0.15, -0.1) is 0 Å². The van der Waals surface area contributed by atoms with Crippen LogP contribution in [0.15, 0.2) is 24.3 Å². The van der Waals surface area contributed by atoms with Crippen LogP contribution in [0.25, 0.3) is 0 Å². The van der Waals surface area contributed by atoms with Gasteiger partial charge in [0.15, 0.2) is 0 Å². The second kappa shape index (κ2) is 15.8. The Morgan fingerprint density at radius 1 is 0.700 bits per heavy atom. The number of ether oxygens (including phenoxy) is 4. The molecule has 3 N–H and O–H groups in total. The molecule has 0 aromatic rings. The molecule has 0 rings (SSSR count). The van der Waals surface area contributed by atoms with Gasteiger partial charge in [0.1, 0.15) is 39.5 Å². The zero-order chi connectivity index (χ0) is 22.9. The molecule has 0 spiro atoms. The Hall–Kier alpha value is -3.08. The Bertz CT molecular complexity index is 569. The maximum absolute atomic E-state index is 11.5. The molecule has 0 unspecified atom stereocenters. The van der Waals surface area contributed by atoms with Crippen LogP contribution in [0.5, 0.6) is 0 Å². The molecule has 0 radical (unpaired) electrons. The number of nitrogens with one attached hydrogen (secondary N) is 3. The first-order valence-electron chi connectivity index (χ1n) is 9.41. The van der Waals surface area contributed by atoms with Gasteiger partial charge in [0, 0.05) is 11.1 Å². The molecule has 0 saturated carbocycles. The third-order valence-corrected chi connectivity index (χ3v) is 3.43. The quantitative estimate of drug-likeness (QED) is 0.141. The van der Waals surface area contributed by atoms with E-state index in [4.69, 9.17) is 18.9 Å². The molecule has 0 aliphatic rings.